The van der Waals surface area contributed by atoms with E-state index < -0.39 is 5.97 Å². The van der Waals surface area contributed by atoms with Crippen LogP contribution in [0.25, 0.3) is 0 Å². The number of hydrogen-bond donors (Lipinski definition) is 0. The van der Waals surface area contributed by atoms with E-state index in [2.05, 4.69) is 28.6 Å². The van der Waals surface area contributed by atoms with E-state index in [1.54, 1.807) is 0 Å². The predicted octanol–water partition coefficient (Wildman–Crippen LogP) is 2.08. The van der Waals surface area contributed by atoms with Gasteiger partial charge in [-0.25, -0.2) is 9.78 Å². The number of carbonyl (C=O) groups excluding carboxylic acids is 1. The fraction of sp³-hybridized carbons (Fsp3) is 0.583. The molecule has 17 heavy (non-hydrogen) atoms. The average Bonchev–Trinajstić information content (AvgIpc) is 2.27. The van der Waals surface area contributed by atoms with Crippen LogP contribution in [0, 0.1) is 5.92 Å². The smallest absolute Gasteiger partial charge is 0.358 e. The summed E-state index contributed by atoms with van der Waals surface area (Å²) >= 11 is 0. The monoisotopic (exact) mass is 238 g/mol. The number of aromatic nitrogens is 2. The normalized spacial score (nSPS) is 12.3. The number of hydrogen-bond acceptors (Lipinski definition) is 5. The van der Waals surface area contributed by atoms with Gasteiger partial charge in [-0.1, -0.05) is 13.8 Å². The molecule has 0 bridgehead atoms. The van der Waals surface area contributed by atoms with Gasteiger partial charge in [-0.05, 0) is 19.3 Å². The quantitative estimate of drug-likeness (QED) is 0.735. The summed E-state index contributed by atoms with van der Waals surface area (Å²) in [5.74, 6) is 0.377. The topological polar surface area (TPSA) is 61.3 Å². The zero-order valence-corrected chi connectivity index (χ0v) is 10.6. The van der Waals surface area contributed by atoms with Crippen LogP contribution < -0.4 is 4.74 Å². The molecule has 1 aromatic heterocycles. The lowest BCUT2D eigenvalue weighted by Gasteiger charge is -2.15. The van der Waals surface area contributed by atoms with E-state index in [4.69, 9.17) is 4.74 Å². The van der Waals surface area contributed by atoms with Gasteiger partial charge >= 0.3 is 5.97 Å². The Labute approximate surface area is 101 Å². The summed E-state index contributed by atoms with van der Waals surface area (Å²) in [6.07, 6.45) is 3.80. The second-order valence-corrected chi connectivity index (χ2v) is 4.29. The Morgan fingerprint density at radius 3 is 2.65 bits per heavy atom. The van der Waals surface area contributed by atoms with E-state index in [1.807, 2.05) is 6.92 Å². The molecule has 0 saturated heterocycles. The van der Waals surface area contributed by atoms with Crippen LogP contribution in [0.1, 0.15) is 37.7 Å². The molecule has 0 aromatic carbocycles. The highest BCUT2D eigenvalue weighted by Crippen LogP contribution is 2.13. The first-order chi connectivity index (χ1) is 8.02. The molecule has 1 atom stereocenters. The van der Waals surface area contributed by atoms with Crippen LogP contribution >= 0.6 is 0 Å². The molecule has 1 rings (SSSR count). The molecule has 0 radical (unpaired) electrons. The van der Waals surface area contributed by atoms with Crippen LogP contribution in [0.3, 0.4) is 0 Å². The van der Waals surface area contributed by atoms with Crippen molar-refractivity contribution in [1.82, 2.24) is 9.97 Å². The molecule has 0 aliphatic rings. The van der Waals surface area contributed by atoms with Crippen molar-refractivity contribution in [2.75, 3.05) is 7.11 Å². The van der Waals surface area contributed by atoms with Crippen molar-refractivity contribution in [1.29, 1.82) is 0 Å². The molecule has 0 fully saturated rings. The number of carbonyl (C=O) groups is 1. The zero-order chi connectivity index (χ0) is 12.8. The third-order valence-corrected chi connectivity index (χ3v) is 2.13. The molecule has 0 spiro atoms. The van der Waals surface area contributed by atoms with Crippen molar-refractivity contribution in [3.05, 3.63) is 18.1 Å². The molecule has 5 heteroatoms. The summed E-state index contributed by atoms with van der Waals surface area (Å²) in [5.41, 5.74) is 0.154. The third-order valence-electron chi connectivity index (χ3n) is 2.13. The Balaban J connectivity index is 2.68. The van der Waals surface area contributed by atoms with Crippen LogP contribution in [0.5, 0.6) is 5.88 Å². The van der Waals surface area contributed by atoms with Gasteiger partial charge < -0.3 is 9.47 Å². The first kappa shape index (κ1) is 13.4. The number of methoxy groups -OCH3 is 1. The van der Waals surface area contributed by atoms with Gasteiger partial charge in [-0.15, -0.1) is 0 Å². The van der Waals surface area contributed by atoms with E-state index in [9.17, 15) is 4.79 Å². The van der Waals surface area contributed by atoms with Gasteiger partial charge in [0.2, 0.25) is 5.88 Å². The molecule has 0 N–H and O–H groups in total. The van der Waals surface area contributed by atoms with Gasteiger partial charge in [0.25, 0.3) is 0 Å². The van der Waals surface area contributed by atoms with Crippen molar-refractivity contribution in [3.63, 3.8) is 0 Å². The minimum atomic E-state index is -0.514. The average molecular weight is 238 g/mol. The summed E-state index contributed by atoms with van der Waals surface area (Å²) in [4.78, 5) is 19.2. The standard InChI is InChI=1S/C12H18N2O3/c1-8(2)5-9(3)17-11-7-13-6-10(14-11)12(15)16-4/h6-9H,5H2,1-4H3. The second kappa shape index (κ2) is 6.18. The summed E-state index contributed by atoms with van der Waals surface area (Å²) < 4.78 is 10.1. The van der Waals surface area contributed by atoms with Crippen LogP contribution in [0.2, 0.25) is 0 Å². The predicted molar refractivity (Wildman–Crippen MR) is 62.9 cm³/mol. The maximum absolute atomic E-state index is 11.2. The van der Waals surface area contributed by atoms with Gasteiger partial charge in [0.15, 0.2) is 5.69 Å². The SMILES string of the molecule is COC(=O)c1cncc(OC(C)CC(C)C)n1. The van der Waals surface area contributed by atoms with Gasteiger partial charge in [0.1, 0.15) is 0 Å². The summed E-state index contributed by atoms with van der Waals surface area (Å²) in [7, 11) is 1.30. The van der Waals surface area contributed by atoms with Crippen molar-refractivity contribution in [2.45, 2.75) is 33.3 Å². The Bertz CT molecular complexity index is 380. The fourth-order valence-electron chi connectivity index (χ4n) is 1.53. The number of rotatable bonds is 5. The highest BCUT2D eigenvalue weighted by atomic mass is 16.5. The fourth-order valence-corrected chi connectivity index (χ4v) is 1.53. The minimum absolute atomic E-state index is 0.0391. The molecule has 1 heterocycles. The molecule has 1 unspecified atom stereocenters. The number of ether oxygens (including phenoxy) is 2. The summed E-state index contributed by atoms with van der Waals surface area (Å²) in [6.45, 7) is 6.21. The maximum atomic E-state index is 11.2. The highest BCUT2D eigenvalue weighted by Gasteiger charge is 2.12. The lowest BCUT2D eigenvalue weighted by molar-refractivity contribution is 0.0591. The van der Waals surface area contributed by atoms with Gasteiger partial charge in [-0.2, -0.15) is 0 Å². The van der Waals surface area contributed by atoms with Crippen LogP contribution in [0.15, 0.2) is 12.4 Å². The first-order valence-electron chi connectivity index (χ1n) is 5.60. The highest BCUT2D eigenvalue weighted by molar-refractivity contribution is 5.86. The Hall–Kier alpha value is -1.65. The van der Waals surface area contributed by atoms with Gasteiger partial charge in [-0.3, -0.25) is 4.98 Å². The Morgan fingerprint density at radius 1 is 1.35 bits per heavy atom. The molecular weight excluding hydrogens is 220 g/mol. The Kier molecular flexibility index (Phi) is 4.87. The van der Waals surface area contributed by atoms with Crippen molar-refractivity contribution >= 4 is 5.97 Å². The lowest BCUT2D eigenvalue weighted by atomic mass is 10.1. The minimum Gasteiger partial charge on any atom is -0.474 e. The molecule has 0 saturated carbocycles. The van der Waals surface area contributed by atoms with Gasteiger partial charge in [0.05, 0.1) is 25.6 Å². The van der Waals surface area contributed by atoms with Crippen LogP contribution in [0.4, 0.5) is 0 Å². The van der Waals surface area contributed by atoms with E-state index in [1.165, 1.54) is 19.5 Å². The summed E-state index contributed by atoms with van der Waals surface area (Å²) in [5, 5.41) is 0. The molecule has 94 valence electrons. The van der Waals surface area contributed by atoms with Crippen LogP contribution in [-0.4, -0.2) is 29.2 Å². The molecule has 0 aliphatic heterocycles. The van der Waals surface area contributed by atoms with Crippen molar-refractivity contribution in [3.8, 4) is 5.88 Å². The zero-order valence-electron chi connectivity index (χ0n) is 10.6. The van der Waals surface area contributed by atoms with Crippen molar-refractivity contribution < 1.29 is 14.3 Å². The molecule has 0 amide bonds. The lowest BCUT2D eigenvalue weighted by Crippen LogP contribution is -2.16. The maximum Gasteiger partial charge on any atom is 0.358 e. The molecule has 0 aliphatic carbocycles. The third kappa shape index (κ3) is 4.38. The number of nitrogens with zero attached hydrogens (tertiary/aromatic N) is 2. The Morgan fingerprint density at radius 2 is 2.06 bits per heavy atom. The van der Waals surface area contributed by atoms with E-state index >= 15 is 0 Å². The second-order valence-electron chi connectivity index (χ2n) is 4.29. The van der Waals surface area contributed by atoms with Crippen LogP contribution in [-0.2, 0) is 4.74 Å². The van der Waals surface area contributed by atoms with Gasteiger partial charge in [0, 0.05) is 0 Å². The molecule has 1 aromatic rings. The molecule has 5 nitrogen and oxygen atoms in total. The van der Waals surface area contributed by atoms with E-state index in [0.29, 0.717) is 11.8 Å². The largest absolute Gasteiger partial charge is 0.474 e. The molecular formula is C12H18N2O3. The van der Waals surface area contributed by atoms with E-state index in [0.717, 1.165) is 6.42 Å². The van der Waals surface area contributed by atoms with E-state index in [-0.39, 0.29) is 11.8 Å². The van der Waals surface area contributed by atoms with Crippen molar-refractivity contribution in [2.24, 2.45) is 5.92 Å². The summed E-state index contributed by atoms with van der Waals surface area (Å²) in [6, 6.07) is 0. The number of esters is 1. The first-order valence-corrected chi connectivity index (χ1v) is 5.60.